The lowest BCUT2D eigenvalue weighted by molar-refractivity contribution is -0.118. The first-order chi connectivity index (χ1) is 16.1. The smallest absolute Gasteiger partial charge is 0.261 e. The number of nitrogens with one attached hydrogen (secondary N) is 3. The van der Waals surface area contributed by atoms with Crippen LogP contribution in [0.3, 0.4) is 0 Å². The predicted octanol–water partition coefficient (Wildman–Crippen LogP) is 4.33. The fraction of sp³-hybridized carbons (Fsp3) is 0.200. The van der Waals surface area contributed by atoms with Crippen molar-refractivity contribution < 1.29 is 22.4 Å². The number of hydrogen-bond donors (Lipinski definition) is 3. The van der Waals surface area contributed by atoms with Gasteiger partial charge in [0.1, 0.15) is 11.9 Å². The molecule has 178 valence electrons. The van der Waals surface area contributed by atoms with Gasteiger partial charge in [-0.25, -0.2) is 12.8 Å². The molecule has 0 fully saturated rings. The highest BCUT2D eigenvalue weighted by atomic mass is 32.2. The molecule has 3 rings (SSSR count). The molecule has 0 aliphatic rings. The summed E-state index contributed by atoms with van der Waals surface area (Å²) in [7, 11) is -3.75. The molecule has 2 amide bonds. The largest absolute Gasteiger partial charge is 0.340 e. The van der Waals surface area contributed by atoms with Gasteiger partial charge in [0, 0.05) is 11.4 Å². The summed E-state index contributed by atoms with van der Waals surface area (Å²) < 4.78 is 41.5. The summed E-state index contributed by atoms with van der Waals surface area (Å²) in [6.45, 7) is 5.38. The van der Waals surface area contributed by atoms with Crippen LogP contribution in [0.15, 0.2) is 77.7 Å². The fourth-order valence-corrected chi connectivity index (χ4v) is 4.23. The number of sulfonamides is 1. The van der Waals surface area contributed by atoms with E-state index in [1.165, 1.54) is 48.5 Å². The minimum atomic E-state index is -3.75. The monoisotopic (exact) mass is 483 g/mol. The van der Waals surface area contributed by atoms with Crippen molar-refractivity contribution in [3.8, 4) is 0 Å². The molecule has 0 radical (unpaired) electrons. The quantitative estimate of drug-likeness (QED) is 0.444. The molecule has 7 nitrogen and oxygen atoms in total. The van der Waals surface area contributed by atoms with Crippen LogP contribution >= 0.6 is 0 Å². The summed E-state index contributed by atoms with van der Waals surface area (Å²) in [5, 5.41) is 5.27. The highest BCUT2D eigenvalue weighted by molar-refractivity contribution is 7.92. The molecule has 0 bridgehead atoms. The molecule has 0 heterocycles. The lowest BCUT2D eigenvalue weighted by Gasteiger charge is -2.22. The summed E-state index contributed by atoms with van der Waals surface area (Å²) in [5.74, 6) is -2.11. The Labute approximate surface area is 198 Å². The molecular formula is C25H26FN3O4S. The third kappa shape index (κ3) is 6.20. The lowest BCUT2D eigenvalue weighted by Crippen LogP contribution is -2.47. The van der Waals surface area contributed by atoms with Crippen LogP contribution in [0.2, 0.25) is 0 Å². The Bertz CT molecular complexity index is 1270. The second-order valence-corrected chi connectivity index (χ2v) is 9.84. The Morgan fingerprint density at radius 3 is 2.03 bits per heavy atom. The first-order valence-electron chi connectivity index (χ1n) is 10.6. The van der Waals surface area contributed by atoms with Crippen molar-refractivity contribution in [1.82, 2.24) is 5.32 Å². The summed E-state index contributed by atoms with van der Waals surface area (Å²) in [5.41, 5.74) is 1.54. The molecule has 0 saturated carbocycles. The van der Waals surface area contributed by atoms with Gasteiger partial charge in [0.05, 0.1) is 10.5 Å². The Hall–Kier alpha value is -3.72. The molecule has 9 heteroatoms. The van der Waals surface area contributed by atoms with Crippen molar-refractivity contribution in [2.45, 2.75) is 31.7 Å². The van der Waals surface area contributed by atoms with E-state index in [0.717, 1.165) is 5.56 Å². The van der Waals surface area contributed by atoms with Gasteiger partial charge in [-0.1, -0.05) is 43.7 Å². The number of rotatable bonds is 8. The molecule has 0 aliphatic carbocycles. The Balaban J connectivity index is 1.67. The van der Waals surface area contributed by atoms with Crippen molar-refractivity contribution in [2.75, 3.05) is 10.0 Å². The molecule has 0 saturated heterocycles. The standard InChI is InChI=1S/C25H26FN3O4S/c1-16(2)23(28-24(30)21-6-4-5-7-22(21)26)25(31)27-18-10-12-19(13-11-18)29-34(32,33)20-14-8-17(3)9-15-20/h4-16,23,29H,1-3H3,(H,27,31)(H,28,30)/t23-/m0/s1. The molecule has 3 aromatic carbocycles. The number of amides is 2. The third-order valence-corrected chi connectivity index (χ3v) is 6.49. The topological polar surface area (TPSA) is 104 Å². The van der Waals surface area contributed by atoms with E-state index in [-0.39, 0.29) is 16.4 Å². The average Bonchev–Trinajstić information content (AvgIpc) is 2.78. The van der Waals surface area contributed by atoms with Crippen molar-refractivity contribution in [1.29, 1.82) is 0 Å². The zero-order valence-corrected chi connectivity index (χ0v) is 19.8. The second-order valence-electron chi connectivity index (χ2n) is 8.16. The Kier molecular flexibility index (Phi) is 7.68. The van der Waals surface area contributed by atoms with Gasteiger partial charge in [-0.2, -0.15) is 0 Å². The summed E-state index contributed by atoms with van der Waals surface area (Å²) in [6.07, 6.45) is 0. The second kappa shape index (κ2) is 10.5. The van der Waals surface area contributed by atoms with Crippen LogP contribution < -0.4 is 15.4 Å². The van der Waals surface area contributed by atoms with E-state index >= 15 is 0 Å². The van der Waals surface area contributed by atoms with Gasteiger partial charge in [0.15, 0.2) is 0 Å². The minimum absolute atomic E-state index is 0.140. The van der Waals surface area contributed by atoms with Gasteiger partial charge < -0.3 is 10.6 Å². The molecule has 0 aliphatic heterocycles. The van der Waals surface area contributed by atoms with Crippen LogP contribution in [-0.4, -0.2) is 26.3 Å². The number of hydrogen-bond acceptors (Lipinski definition) is 4. The predicted molar refractivity (Wildman–Crippen MR) is 130 cm³/mol. The van der Waals surface area contributed by atoms with Gasteiger partial charge in [-0.15, -0.1) is 0 Å². The maximum Gasteiger partial charge on any atom is 0.261 e. The molecule has 0 spiro atoms. The zero-order valence-electron chi connectivity index (χ0n) is 19.0. The van der Waals surface area contributed by atoms with Crippen molar-refractivity contribution >= 4 is 33.2 Å². The molecule has 3 N–H and O–H groups in total. The van der Waals surface area contributed by atoms with E-state index in [1.807, 2.05) is 6.92 Å². The number of aryl methyl sites for hydroxylation is 1. The van der Waals surface area contributed by atoms with Crippen LogP contribution in [0.4, 0.5) is 15.8 Å². The number of halogens is 1. The van der Waals surface area contributed by atoms with E-state index in [4.69, 9.17) is 0 Å². The molecule has 34 heavy (non-hydrogen) atoms. The maximum absolute atomic E-state index is 13.9. The summed E-state index contributed by atoms with van der Waals surface area (Å²) in [6, 6.07) is 17.2. The SMILES string of the molecule is Cc1ccc(S(=O)(=O)Nc2ccc(NC(=O)[C@@H](NC(=O)c3ccccc3F)C(C)C)cc2)cc1. The van der Waals surface area contributed by atoms with Gasteiger partial charge in [0.25, 0.3) is 15.9 Å². The summed E-state index contributed by atoms with van der Waals surface area (Å²) in [4.78, 5) is 25.4. The molecular weight excluding hydrogens is 457 g/mol. The highest BCUT2D eigenvalue weighted by Crippen LogP contribution is 2.19. The van der Waals surface area contributed by atoms with Crippen LogP contribution in [0.5, 0.6) is 0 Å². The highest BCUT2D eigenvalue weighted by Gasteiger charge is 2.26. The van der Waals surface area contributed by atoms with E-state index in [9.17, 15) is 22.4 Å². The van der Waals surface area contributed by atoms with Gasteiger partial charge in [-0.05, 0) is 61.4 Å². The number of carbonyl (C=O) groups excluding carboxylic acids is 2. The van der Waals surface area contributed by atoms with E-state index in [2.05, 4.69) is 15.4 Å². The average molecular weight is 484 g/mol. The normalized spacial score (nSPS) is 12.1. The van der Waals surface area contributed by atoms with Crippen LogP contribution in [0.1, 0.15) is 29.8 Å². The third-order valence-electron chi connectivity index (χ3n) is 5.09. The Morgan fingerprint density at radius 2 is 1.44 bits per heavy atom. The number of carbonyl (C=O) groups is 2. The fourth-order valence-electron chi connectivity index (χ4n) is 3.17. The van der Waals surface area contributed by atoms with Crippen LogP contribution in [0, 0.1) is 18.7 Å². The van der Waals surface area contributed by atoms with E-state index in [1.54, 1.807) is 38.1 Å². The van der Waals surface area contributed by atoms with Crippen LogP contribution in [0.25, 0.3) is 0 Å². The maximum atomic E-state index is 13.9. The number of benzene rings is 3. The lowest BCUT2D eigenvalue weighted by atomic mass is 10.0. The van der Waals surface area contributed by atoms with Gasteiger partial charge in [-0.3, -0.25) is 14.3 Å². The van der Waals surface area contributed by atoms with E-state index < -0.39 is 33.7 Å². The Morgan fingerprint density at radius 1 is 0.853 bits per heavy atom. The first-order valence-corrected chi connectivity index (χ1v) is 12.1. The van der Waals surface area contributed by atoms with Gasteiger partial charge >= 0.3 is 0 Å². The first kappa shape index (κ1) is 24.9. The molecule has 1 atom stereocenters. The number of anilines is 2. The van der Waals surface area contributed by atoms with Crippen molar-refractivity contribution in [3.63, 3.8) is 0 Å². The zero-order chi connectivity index (χ0) is 24.9. The summed E-state index contributed by atoms with van der Waals surface area (Å²) >= 11 is 0. The minimum Gasteiger partial charge on any atom is -0.340 e. The van der Waals surface area contributed by atoms with Crippen molar-refractivity contribution in [3.05, 3.63) is 89.7 Å². The van der Waals surface area contributed by atoms with Crippen molar-refractivity contribution in [2.24, 2.45) is 5.92 Å². The van der Waals surface area contributed by atoms with Crippen LogP contribution in [-0.2, 0) is 14.8 Å². The van der Waals surface area contributed by atoms with Gasteiger partial charge in [0.2, 0.25) is 5.91 Å². The molecule has 3 aromatic rings. The molecule has 0 unspecified atom stereocenters. The van der Waals surface area contributed by atoms with E-state index in [0.29, 0.717) is 11.4 Å². The molecule has 0 aromatic heterocycles.